The largest absolute Gasteiger partial charge is 0.417 e. The fourth-order valence-corrected chi connectivity index (χ4v) is 3.13. The number of aromatic nitrogens is 1. The average Bonchev–Trinajstić information content (AvgIpc) is 2.56. The van der Waals surface area contributed by atoms with Gasteiger partial charge in [-0.2, -0.15) is 13.2 Å². The molecular weight excluding hydrogens is 323 g/mol. The zero-order valence-electron chi connectivity index (χ0n) is 12.3. The van der Waals surface area contributed by atoms with E-state index in [0.29, 0.717) is 5.03 Å². The molecule has 1 aliphatic rings. The van der Waals surface area contributed by atoms with Crippen LogP contribution in [0.4, 0.5) is 18.9 Å². The lowest BCUT2D eigenvalue weighted by Crippen LogP contribution is -2.43. The summed E-state index contributed by atoms with van der Waals surface area (Å²) in [6, 6.07) is 10.5. The highest BCUT2D eigenvalue weighted by atomic mass is 32.2. The number of hydrogen-bond acceptors (Lipinski definition) is 4. The van der Waals surface area contributed by atoms with Gasteiger partial charge >= 0.3 is 6.18 Å². The summed E-state index contributed by atoms with van der Waals surface area (Å²) in [5, 5.41) is 3.86. The molecule has 122 valence electrons. The minimum atomic E-state index is -4.35. The fraction of sp³-hybridized carbons (Fsp3) is 0.312. The van der Waals surface area contributed by atoms with Gasteiger partial charge in [0.2, 0.25) is 0 Å². The number of pyridine rings is 1. The zero-order valence-corrected chi connectivity index (χ0v) is 13.1. The van der Waals surface area contributed by atoms with Crippen LogP contribution in [0.3, 0.4) is 0 Å². The molecule has 0 atom stereocenters. The van der Waals surface area contributed by atoms with Gasteiger partial charge in [0.05, 0.1) is 5.56 Å². The summed E-state index contributed by atoms with van der Waals surface area (Å²) in [5.74, 6) is 0. The first-order valence-electron chi connectivity index (χ1n) is 7.29. The smallest absolute Gasteiger partial charge is 0.369 e. The van der Waals surface area contributed by atoms with Gasteiger partial charge in [-0.15, -0.1) is 0 Å². The van der Waals surface area contributed by atoms with E-state index < -0.39 is 11.7 Å². The molecule has 1 aliphatic heterocycles. The van der Waals surface area contributed by atoms with E-state index in [1.54, 1.807) is 0 Å². The quantitative estimate of drug-likeness (QED) is 0.924. The molecule has 0 radical (unpaired) electrons. The molecule has 23 heavy (non-hydrogen) atoms. The van der Waals surface area contributed by atoms with E-state index in [4.69, 9.17) is 0 Å². The van der Waals surface area contributed by atoms with Gasteiger partial charge in [-0.3, -0.25) is 0 Å². The Hall–Kier alpha value is -1.73. The van der Waals surface area contributed by atoms with Crippen molar-refractivity contribution in [2.75, 3.05) is 31.1 Å². The van der Waals surface area contributed by atoms with E-state index in [0.717, 1.165) is 49.0 Å². The van der Waals surface area contributed by atoms with Crippen molar-refractivity contribution < 1.29 is 13.2 Å². The average molecular weight is 339 g/mol. The van der Waals surface area contributed by atoms with E-state index in [-0.39, 0.29) is 0 Å². The predicted octanol–water partition coefficient (Wildman–Crippen LogP) is 3.66. The molecule has 1 N–H and O–H groups in total. The van der Waals surface area contributed by atoms with Gasteiger partial charge in [-0.1, -0.05) is 11.8 Å². The van der Waals surface area contributed by atoms with Crippen LogP contribution in [0.1, 0.15) is 5.56 Å². The van der Waals surface area contributed by atoms with Crippen molar-refractivity contribution in [2.45, 2.75) is 16.1 Å². The summed E-state index contributed by atoms with van der Waals surface area (Å²) < 4.78 is 37.5. The highest BCUT2D eigenvalue weighted by Crippen LogP contribution is 2.32. The first-order chi connectivity index (χ1) is 11.0. The molecular formula is C16H16F3N3S. The lowest BCUT2D eigenvalue weighted by Gasteiger charge is -2.29. The number of nitrogens with one attached hydrogen (secondary N) is 1. The van der Waals surface area contributed by atoms with Crippen LogP contribution in [-0.2, 0) is 6.18 Å². The van der Waals surface area contributed by atoms with Gasteiger partial charge in [-0.05, 0) is 36.4 Å². The third-order valence-corrected chi connectivity index (χ3v) is 4.56. The summed E-state index contributed by atoms with van der Waals surface area (Å²) in [4.78, 5) is 7.14. The second-order valence-corrected chi connectivity index (χ2v) is 6.31. The number of piperazine rings is 1. The standard InChI is InChI=1S/C16H16F3N3S/c17-16(18,19)12-1-6-15(21-11-12)23-14-4-2-13(3-5-14)22-9-7-20-8-10-22/h1-6,11,20H,7-10H2. The summed E-state index contributed by atoms with van der Waals surface area (Å²) >= 11 is 1.35. The Balaban J connectivity index is 1.66. The van der Waals surface area contributed by atoms with Crippen LogP contribution in [0, 0.1) is 0 Å². The molecule has 3 rings (SSSR count). The summed E-state index contributed by atoms with van der Waals surface area (Å²) in [5.41, 5.74) is 0.437. The SMILES string of the molecule is FC(F)(F)c1ccc(Sc2ccc(N3CCNCC3)cc2)nc1. The molecule has 1 fully saturated rings. The number of alkyl halides is 3. The van der Waals surface area contributed by atoms with Crippen LogP contribution < -0.4 is 10.2 Å². The van der Waals surface area contributed by atoms with Gasteiger partial charge in [0.1, 0.15) is 5.03 Å². The Morgan fingerprint density at radius 1 is 1.00 bits per heavy atom. The Labute approximate surface area is 136 Å². The summed E-state index contributed by atoms with van der Waals surface area (Å²) in [6.45, 7) is 3.91. The van der Waals surface area contributed by atoms with Gasteiger partial charge in [0.15, 0.2) is 0 Å². The highest BCUT2D eigenvalue weighted by molar-refractivity contribution is 7.99. The van der Waals surface area contributed by atoms with Gasteiger partial charge in [-0.25, -0.2) is 4.98 Å². The molecule has 1 saturated heterocycles. The topological polar surface area (TPSA) is 28.2 Å². The van der Waals surface area contributed by atoms with Crippen molar-refractivity contribution in [1.82, 2.24) is 10.3 Å². The number of rotatable bonds is 3. The van der Waals surface area contributed by atoms with E-state index >= 15 is 0 Å². The fourth-order valence-electron chi connectivity index (χ4n) is 2.38. The monoisotopic (exact) mass is 339 g/mol. The van der Waals surface area contributed by atoms with Gasteiger partial charge < -0.3 is 10.2 Å². The highest BCUT2D eigenvalue weighted by Gasteiger charge is 2.30. The first-order valence-corrected chi connectivity index (χ1v) is 8.11. The van der Waals surface area contributed by atoms with Crippen molar-refractivity contribution in [3.63, 3.8) is 0 Å². The maximum Gasteiger partial charge on any atom is 0.417 e. The van der Waals surface area contributed by atoms with Gasteiger partial charge in [0.25, 0.3) is 0 Å². The minimum absolute atomic E-state index is 0.549. The summed E-state index contributed by atoms with van der Waals surface area (Å²) in [6.07, 6.45) is -3.47. The first kappa shape index (κ1) is 16.1. The maximum absolute atomic E-state index is 12.5. The molecule has 1 aromatic heterocycles. The maximum atomic E-state index is 12.5. The third kappa shape index (κ3) is 4.17. The Morgan fingerprint density at radius 2 is 1.70 bits per heavy atom. The van der Waals surface area contributed by atoms with E-state index in [1.807, 2.05) is 24.3 Å². The molecule has 7 heteroatoms. The van der Waals surface area contributed by atoms with Crippen molar-refractivity contribution in [3.8, 4) is 0 Å². The lowest BCUT2D eigenvalue weighted by atomic mass is 10.2. The van der Waals surface area contributed by atoms with Crippen molar-refractivity contribution in [2.24, 2.45) is 0 Å². The van der Waals surface area contributed by atoms with E-state index in [1.165, 1.54) is 17.8 Å². The van der Waals surface area contributed by atoms with Crippen LogP contribution in [0.2, 0.25) is 0 Å². The summed E-state index contributed by atoms with van der Waals surface area (Å²) in [7, 11) is 0. The molecule has 0 bridgehead atoms. The molecule has 0 saturated carbocycles. The lowest BCUT2D eigenvalue weighted by molar-refractivity contribution is -0.137. The second-order valence-electron chi connectivity index (χ2n) is 5.22. The van der Waals surface area contributed by atoms with Crippen LogP contribution in [0.5, 0.6) is 0 Å². The third-order valence-electron chi connectivity index (χ3n) is 3.60. The molecule has 3 nitrogen and oxygen atoms in total. The molecule has 0 spiro atoms. The van der Waals surface area contributed by atoms with Crippen molar-refractivity contribution >= 4 is 17.4 Å². The van der Waals surface area contributed by atoms with Crippen molar-refractivity contribution in [1.29, 1.82) is 0 Å². The molecule has 0 unspecified atom stereocenters. The van der Waals surface area contributed by atoms with Crippen LogP contribution in [-0.4, -0.2) is 31.2 Å². The Kier molecular flexibility index (Phi) is 4.77. The Morgan fingerprint density at radius 3 is 2.26 bits per heavy atom. The normalized spacial score (nSPS) is 15.7. The number of benzene rings is 1. The number of hydrogen-bond donors (Lipinski definition) is 1. The predicted molar refractivity (Wildman–Crippen MR) is 84.9 cm³/mol. The zero-order chi connectivity index (χ0) is 16.3. The van der Waals surface area contributed by atoms with Gasteiger partial charge in [0, 0.05) is 43.0 Å². The molecule has 1 aromatic carbocycles. The molecule has 0 amide bonds. The molecule has 2 heterocycles. The number of nitrogens with zero attached hydrogens (tertiary/aromatic N) is 2. The van der Waals surface area contributed by atoms with E-state index in [9.17, 15) is 13.2 Å². The van der Waals surface area contributed by atoms with Crippen LogP contribution in [0.15, 0.2) is 52.5 Å². The number of halogens is 3. The van der Waals surface area contributed by atoms with Crippen LogP contribution >= 0.6 is 11.8 Å². The molecule has 2 aromatic rings. The second kappa shape index (κ2) is 6.80. The van der Waals surface area contributed by atoms with Crippen molar-refractivity contribution in [3.05, 3.63) is 48.2 Å². The van der Waals surface area contributed by atoms with E-state index in [2.05, 4.69) is 15.2 Å². The number of anilines is 1. The molecule has 0 aliphatic carbocycles. The Bertz CT molecular complexity index is 635. The minimum Gasteiger partial charge on any atom is -0.369 e. The van der Waals surface area contributed by atoms with Crippen LogP contribution in [0.25, 0.3) is 0 Å².